The quantitative estimate of drug-likeness (QED) is 0.255. The molecular weight excluding hydrogens is 450 g/mol. The van der Waals surface area contributed by atoms with E-state index in [9.17, 15) is 0 Å². The molecule has 2 aromatic heterocycles. The van der Waals surface area contributed by atoms with E-state index < -0.39 is 0 Å². The zero-order valence-corrected chi connectivity index (χ0v) is 21.6. The minimum Gasteiger partial charge on any atom is -0.497 e. The van der Waals surface area contributed by atoms with Crippen molar-refractivity contribution in [3.63, 3.8) is 0 Å². The molecule has 0 spiro atoms. The van der Waals surface area contributed by atoms with Gasteiger partial charge in [-0.05, 0) is 54.3 Å². The number of benzene rings is 2. The second kappa shape index (κ2) is 12.2. The third kappa shape index (κ3) is 6.22. The molecule has 0 saturated carbocycles. The Morgan fingerprint density at radius 3 is 1.97 bits per heavy atom. The number of hydrogen-bond acceptors (Lipinski definition) is 7. The number of nitrogens with one attached hydrogen (secondary N) is 1. The predicted octanol–water partition coefficient (Wildman–Crippen LogP) is 6.24. The van der Waals surface area contributed by atoms with Crippen LogP contribution < -0.4 is 19.7 Å². The number of rotatable bonds is 12. The fourth-order valence-electron chi connectivity index (χ4n) is 4.23. The van der Waals surface area contributed by atoms with E-state index >= 15 is 0 Å². The van der Waals surface area contributed by atoms with Gasteiger partial charge in [-0.1, -0.05) is 44.5 Å². The van der Waals surface area contributed by atoms with Crippen LogP contribution in [0.2, 0.25) is 0 Å². The summed E-state index contributed by atoms with van der Waals surface area (Å²) in [6.45, 7) is 5.72. The molecule has 1 atom stereocenters. The number of anilines is 2. The first-order chi connectivity index (χ1) is 17.6. The first-order valence-corrected chi connectivity index (χ1v) is 12.5. The third-order valence-electron chi connectivity index (χ3n) is 6.30. The highest BCUT2D eigenvalue weighted by Gasteiger charge is 2.17. The van der Waals surface area contributed by atoms with E-state index in [1.54, 1.807) is 20.4 Å². The second-order valence-electron chi connectivity index (χ2n) is 8.86. The molecule has 1 N–H and O–H groups in total. The Morgan fingerprint density at radius 1 is 0.833 bits per heavy atom. The minimum absolute atomic E-state index is 0.345. The van der Waals surface area contributed by atoms with E-state index in [0.717, 1.165) is 58.6 Å². The summed E-state index contributed by atoms with van der Waals surface area (Å²) in [6.07, 6.45) is 6.84. The van der Waals surface area contributed by atoms with E-state index in [0.29, 0.717) is 25.1 Å². The number of fused-ring (bicyclic) bond motifs is 1. The molecule has 0 saturated heterocycles. The molecule has 0 bridgehead atoms. The molecule has 0 aliphatic carbocycles. The topological polar surface area (TPSA) is 72.4 Å². The van der Waals surface area contributed by atoms with Crippen LogP contribution in [0.5, 0.6) is 11.5 Å². The number of nitrogens with zero attached hydrogens (tertiary/aromatic N) is 4. The maximum absolute atomic E-state index is 5.34. The number of methoxy groups -OCH3 is 2. The van der Waals surface area contributed by atoms with E-state index in [2.05, 4.69) is 53.3 Å². The van der Waals surface area contributed by atoms with Crippen LogP contribution in [0.3, 0.4) is 0 Å². The van der Waals surface area contributed by atoms with Gasteiger partial charge < -0.3 is 19.7 Å². The van der Waals surface area contributed by atoms with Crippen LogP contribution in [-0.4, -0.2) is 35.2 Å². The van der Waals surface area contributed by atoms with Gasteiger partial charge in [0.15, 0.2) is 0 Å². The van der Waals surface area contributed by atoms with Gasteiger partial charge in [0, 0.05) is 31.5 Å². The maximum atomic E-state index is 5.34. The van der Waals surface area contributed by atoms with Gasteiger partial charge in [-0.25, -0.2) is 4.98 Å². The minimum atomic E-state index is 0.345. The first-order valence-electron chi connectivity index (χ1n) is 12.5. The molecule has 2 heterocycles. The Balaban J connectivity index is 1.73. The molecule has 0 aliphatic rings. The summed E-state index contributed by atoms with van der Waals surface area (Å²) in [5, 5.41) is 4.61. The Labute approximate surface area is 213 Å². The standard InChI is InChI=1S/C29H35N5O2/c1-5-7-23(6-2)31-28-26-18-30-17-16-27(26)32-29(33-28)34(19-21-8-12-24(35-3)13-9-21)20-22-10-14-25(36-4)15-11-22/h8-18,23H,5-7,19-20H2,1-4H3,(H,31,32,33)/t23-/m1/s1. The van der Waals surface area contributed by atoms with Crippen LogP contribution in [0.4, 0.5) is 11.8 Å². The highest BCUT2D eigenvalue weighted by Crippen LogP contribution is 2.27. The lowest BCUT2D eigenvalue weighted by molar-refractivity contribution is 0.414. The lowest BCUT2D eigenvalue weighted by atomic mass is 10.1. The maximum Gasteiger partial charge on any atom is 0.228 e. The summed E-state index contributed by atoms with van der Waals surface area (Å²) in [4.78, 5) is 16.5. The van der Waals surface area contributed by atoms with Crippen molar-refractivity contribution in [2.24, 2.45) is 0 Å². The number of ether oxygens (including phenoxy) is 2. The first kappa shape index (κ1) is 25.2. The van der Waals surface area contributed by atoms with Gasteiger partial charge in [0.1, 0.15) is 17.3 Å². The Morgan fingerprint density at radius 2 is 1.44 bits per heavy atom. The smallest absolute Gasteiger partial charge is 0.228 e. The van der Waals surface area contributed by atoms with Crippen molar-refractivity contribution in [3.05, 3.63) is 78.1 Å². The second-order valence-corrected chi connectivity index (χ2v) is 8.86. The van der Waals surface area contributed by atoms with E-state index in [-0.39, 0.29) is 0 Å². The molecule has 2 aromatic carbocycles. The number of hydrogen-bond donors (Lipinski definition) is 1. The average molecular weight is 486 g/mol. The molecule has 7 heteroatoms. The van der Waals surface area contributed by atoms with Crippen LogP contribution in [0.1, 0.15) is 44.2 Å². The summed E-state index contributed by atoms with van der Waals surface area (Å²) in [5.41, 5.74) is 3.17. The van der Waals surface area contributed by atoms with Crippen molar-refractivity contribution in [3.8, 4) is 11.5 Å². The highest BCUT2D eigenvalue weighted by atomic mass is 16.5. The molecule has 0 unspecified atom stereocenters. The van der Waals surface area contributed by atoms with Gasteiger partial charge in [0.25, 0.3) is 0 Å². The molecule has 4 rings (SSSR count). The van der Waals surface area contributed by atoms with Gasteiger partial charge >= 0.3 is 0 Å². The Kier molecular flexibility index (Phi) is 8.55. The molecule has 0 fully saturated rings. The lowest BCUT2D eigenvalue weighted by Crippen LogP contribution is -2.26. The van der Waals surface area contributed by atoms with Crippen LogP contribution in [-0.2, 0) is 13.1 Å². The van der Waals surface area contributed by atoms with Gasteiger partial charge in [-0.15, -0.1) is 0 Å². The summed E-state index contributed by atoms with van der Waals surface area (Å²) in [7, 11) is 3.36. The van der Waals surface area contributed by atoms with Gasteiger partial charge in [0.05, 0.1) is 25.1 Å². The van der Waals surface area contributed by atoms with Crippen molar-refractivity contribution < 1.29 is 9.47 Å². The lowest BCUT2D eigenvalue weighted by Gasteiger charge is -2.25. The number of pyridine rings is 1. The van der Waals surface area contributed by atoms with Crippen molar-refractivity contribution in [1.82, 2.24) is 15.0 Å². The van der Waals surface area contributed by atoms with Crippen LogP contribution in [0.15, 0.2) is 67.0 Å². The van der Waals surface area contributed by atoms with Crippen molar-refractivity contribution >= 4 is 22.7 Å². The SMILES string of the molecule is CCC[C@@H](CC)Nc1nc(N(Cc2ccc(OC)cc2)Cc2ccc(OC)cc2)nc2ccncc12. The fraction of sp³-hybridized carbons (Fsp3) is 0.345. The molecule has 7 nitrogen and oxygen atoms in total. The molecular formula is C29H35N5O2. The summed E-state index contributed by atoms with van der Waals surface area (Å²) in [5.74, 6) is 3.18. The zero-order chi connectivity index (χ0) is 25.3. The fourth-order valence-corrected chi connectivity index (χ4v) is 4.23. The molecule has 4 aromatic rings. The molecule has 188 valence electrons. The number of aromatic nitrogens is 3. The van der Waals surface area contributed by atoms with Crippen molar-refractivity contribution in [1.29, 1.82) is 0 Å². The van der Waals surface area contributed by atoms with Crippen molar-refractivity contribution in [2.45, 2.75) is 52.2 Å². The average Bonchev–Trinajstić information content (AvgIpc) is 2.93. The van der Waals surface area contributed by atoms with Gasteiger partial charge in [0.2, 0.25) is 5.95 Å². The predicted molar refractivity (Wildman–Crippen MR) is 146 cm³/mol. The summed E-state index contributed by atoms with van der Waals surface area (Å²) >= 11 is 0. The third-order valence-corrected chi connectivity index (χ3v) is 6.30. The van der Waals surface area contributed by atoms with Crippen LogP contribution in [0, 0.1) is 0 Å². The monoisotopic (exact) mass is 485 g/mol. The van der Waals surface area contributed by atoms with Gasteiger partial charge in [-0.2, -0.15) is 4.98 Å². The van der Waals surface area contributed by atoms with Crippen molar-refractivity contribution in [2.75, 3.05) is 24.4 Å². The molecule has 36 heavy (non-hydrogen) atoms. The highest BCUT2D eigenvalue weighted by molar-refractivity contribution is 5.89. The van der Waals surface area contributed by atoms with Gasteiger partial charge in [-0.3, -0.25) is 4.98 Å². The van der Waals surface area contributed by atoms with Crippen LogP contribution >= 0.6 is 0 Å². The molecule has 0 aliphatic heterocycles. The van der Waals surface area contributed by atoms with E-state index in [4.69, 9.17) is 19.4 Å². The van der Waals surface area contributed by atoms with E-state index in [1.165, 1.54) is 0 Å². The molecule has 0 amide bonds. The summed E-state index contributed by atoms with van der Waals surface area (Å²) in [6, 6.07) is 18.6. The van der Waals surface area contributed by atoms with Crippen LogP contribution in [0.25, 0.3) is 10.9 Å². The summed E-state index contributed by atoms with van der Waals surface area (Å²) < 4.78 is 10.7. The Bertz CT molecular complexity index is 1200. The molecule has 0 radical (unpaired) electrons. The van der Waals surface area contributed by atoms with E-state index in [1.807, 2.05) is 36.5 Å². The zero-order valence-electron chi connectivity index (χ0n) is 21.6. The Hall–Kier alpha value is -3.87. The normalized spacial score (nSPS) is 11.8. The largest absolute Gasteiger partial charge is 0.497 e.